The standard InChI is InChI=1S/C22H23N3O3/c1-15-11-16(2)25(24-15)14-18-5-4-6-20(12-18)21(26)23-13-17-7-9-19(10-8-17)22(27)28-3/h4-12H,13-14H2,1-3H3,(H,23,26). The third-order valence-corrected chi connectivity index (χ3v) is 4.45. The van der Waals surface area contributed by atoms with Crippen molar-refractivity contribution in [1.29, 1.82) is 0 Å². The van der Waals surface area contributed by atoms with Crippen LogP contribution >= 0.6 is 0 Å². The zero-order chi connectivity index (χ0) is 20.1. The minimum absolute atomic E-state index is 0.146. The van der Waals surface area contributed by atoms with Gasteiger partial charge in [0.1, 0.15) is 0 Å². The summed E-state index contributed by atoms with van der Waals surface area (Å²) >= 11 is 0. The molecule has 0 aliphatic rings. The average Bonchev–Trinajstić information content (AvgIpc) is 3.02. The normalized spacial score (nSPS) is 10.5. The van der Waals surface area contributed by atoms with Crippen molar-refractivity contribution in [3.63, 3.8) is 0 Å². The van der Waals surface area contributed by atoms with Crippen LogP contribution in [0.1, 0.15) is 43.2 Å². The van der Waals surface area contributed by atoms with Crippen molar-refractivity contribution in [2.24, 2.45) is 0 Å². The molecule has 0 radical (unpaired) electrons. The van der Waals surface area contributed by atoms with E-state index in [-0.39, 0.29) is 11.9 Å². The first-order valence-electron chi connectivity index (χ1n) is 9.01. The van der Waals surface area contributed by atoms with Crippen LogP contribution < -0.4 is 5.32 Å². The van der Waals surface area contributed by atoms with Crippen molar-refractivity contribution in [2.45, 2.75) is 26.9 Å². The van der Waals surface area contributed by atoms with Gasteiger partial charge >= 0.3 is 5.97 Å². The maximum Gasteiger partial charge on any atom is 0.337 e. The van der Waals surface area contributed by atoms with E-state index in [4.69, 9.17) is 0 Å². The third-order valence-electron chi connectivity index (χ3n) is 4.45. The fourth-order valence-electron chi connectivity index (χ4n) is 2.98. The van der Waals surface area contributed by atoms with E-state index >= 15 is 0 Å². The smallest absolute Gasteiger partial charge is 0.337 e. The molecule has 0 aliphatic heterocycles. The van der Waals surface area contributed by atoms with Gasteiger partial charge in [0.2, 0.25) is 0 Å². The van der Waals surface area contributed by atoms with Gasteiger partial charge in [-0.3, -0.25) is 9.48 Å². The Bertz CT molecular complexity index is 991. The average molecular weight is 377 g/mol. The Labute approximate surface area is 164 Å². The van der Waals surface area contributed by atoms with Crippen LogP contribution in [0.5, 0.6) is 0 Å². The van der Waals surface area contributed by atoms with Crippen LogP contribution in [0.25, 0.3) is 0 Å². The van der Waals surface area contributed by atoms with Crippen molar-refractivity contribution in [3.8, 4) is 0 Å². The largest absolute Gasteiger partial charge is 0.465 e. The first-order chi connectivity index (χ1) is 13.5. The van der Waals surface area contributed by atoms with Gasteiger partial charge in [0.25, 0.3) is 5.91 Å². The summed E-state index contributed by atoms with van der Waals surface area (Å²) in [7, 11) is 1.35. The molecule has 0 bridgehead atoms. The molecular formula is C22H23N3O3. The number of benzene rings is 2. The van der Waals surface area contributed by atoms with E-state index in [0.29, 0.717) is 24.2 Å². The number of hydrogen-bond acceptors (Lipinski definition) is 4. The van der Waals surface area contributed by atoms with Crippen LogP contribution in [0.15, 0.2) is 54.6 Å². The van der Waals surface area contributed by atoms with Crippen LogP contribution in [0.2, 0.25) is 0 Å². The molecule has 0 saturated heterocycles. The van der Waals surface area contributed by atoms with Gasteiger partial charge in [-0.15, -0.1) is 0 Å². The number of esters is 1. The molecule has 0 atom stereocenters. The molecule has 1 heterocycles. The number of ether oxygens (including phenoxy) is 1. The highest BCUT2D eigenvalue weighted by Crippen LogP contribution is 2.11. The molecule has 3 rings (SSSR count). The maximum absolute atomic E-state index is 12.5. The lowest BCUT2D eigenvalue weighted by Crippen LogP contribution is -2.23. The number of carbonyl (C=O) groups excluding carboxylic acids is 2. The predicted molar refractivity (Wildman–Crippen MR) is 106 cm³/mol. The molecule has 144 valence electrons. The van der Waals surface area contributed by atoms with Crippen molar-refractivity contribution in [1.82, 2.24) is 15.1 Å². The molecule has 6 heteroatoms. The van der Waals surface area contributed by atoms with E-state index in [1.54, 1.807) is 30.3 Å². The number of hydrogen-bond donors (Lipinski definition) is 1. The van der Waals surface area contributed by atoms with Gasteiger partial charge in [-0.05, 0) is 55.3 Å². The maximum atomic E-state index is 12.5. The molecule has 3 aromatic rings. The molecule has 1 amide bonds. The number of rotatable bonds is 6. The quantitative estimate of drug-likeness (QED) is 0.669. The van der Waals surface area contributed by atoms with E-state index in [0.717, 1.165) is 22.5 Å². The van der Waals surface area contributed by atoms with Crippen molar-refractivity contribution >= 4 is 11.9 Å². The van der Waals surface area contributed by atoms with Crippen molar-refractivity contribution in [3.05, 3.63) is 88.2 Å². The van der Waals surface area contributed by atoms with Gasteiger partial charge in [-0.25, -0.2) is 4.79 Å². The summed E-state index contributed by atoms with van der Waals surface area (Å²) < 4.78 is 6.61. The first kappa shape index (κ1) is 19.4. The zero-order valence-corrected chi connectivity index (χ0v) is 16.2. The van der Waals surface area contributed by atoms with Crippen LogP contribution in [0, 0.1) is 13.8 Å². The Morgan fingerprint density at radius 3 is 2.39 bits per heavy atom. The minimum Gasteiger partial charge on any atom is -0.465 e. The summed E-state index contributed by atoms with van der Waals surface area (Å²) in [6, 6.07) is 16.5. The molecule has 0 spiro atoms. The fourth-order valence-corrected chi connectivity index (χ4v) is 2.98. The number of aromatic nitrogens is 2. The lowest BCUT2D eigenvalue weighted by molar-refractivity contribution is 0.0600. The van der Waals surface area contributed by atoms with Crippen molar-refractivity contribution in [2.75, 3.05) is 7.11 Å². The Kier molecular flexibility index (Phi) is 5.89. The Balaban J connectivity index is 1.63. The summed E-state index contributed by atoms with van der Waals surface area (Å²) in [5, 5.41) is 7.37. The van der Waals surface area contributed by atoms with E-state index < -0.39 is 0 Å². The summed E-state index contributed by atoms with van der Waals surface area (Å²) in [4.78, 5) is 24.0. The monoisotopic (exact) mass is 377 g/mol. The minimum atomic E-state index is -0.380. The molecule has 2 aromatic carbocycles. The highest BCUT2D eigenvalue weighted by atomic mass is 16.5. The lowest BCUT2D eigenvalue weighted by Gasteiger charge is -2.09. The van der Waals surface area contributed by atoms with Crippen LogP contribution in [-0.4, -0.2) is 28.8 Å². The highest BCUT2D eigenvalue weighted by Gasteiger charge is 2.09. The van der Waals surface area contributed by atoms with Gasteiger partial charge in [-0.2, -0.15) is 5.10 Å². The fraction of sp³-hybridized carbons (Fsp3) is 0.227. The number of methoxy groups -OCH3 is 1. The van der Waals surface area contributed by atoms with E-state index in [2.05, 4.69) is 15.2 Å². The second kappa shape index (κ2) is 8.52. The number of nitrogens with zero attached hydrogens (tertiary/aromatic N) is 2. The Morgan fingerprint density at radius 1 is 1.00 bits per heavy atom. The molecular weight excluding hydrogens is 354 g/mol. The second-order valence-corrected chi connectivity index (χ2v) is 6.66. The second-order valence-electron chi connectivity index (χ2n) is 6.66. The van der Waals surface area contributed by atoms with E-state index in [1.807, 2.05) is 42.8 Å². The summed E-state index contributed by atoms with van der Waals surface area (Å²) in [5.74, 6) is -0.526. The third kappa shape index (κ3) is 4.65. The van der Waals surface area contributed by atoms with Gasteiger partial charge in [0.15, 0.2) is 0 Å². The van der Waals surface area contributed by atoms with E-state index in [1.165, 1.54) is 7.11 Å². The summed E-state index contributed by atoms with van der Waals surface area (Å²) in [5.41, 5.74) is 5.06. The molecule has 1 N–H and O–H groups in total. The first-order valence-corrected chi connectivity index (χ1v) is 9.01. The number of aryl methyl sites for hydroxylation is 2. The molecule has 0 fully saturated rings. The topological polar surface area (TPSA) is 73.2 Å². The van der Waals surface area contributed by atoms with Gasteiger partial charge in [0, 0.05) is 17.8 Å². The Morgan fingerprint density at radius 2 is 1.75 bits per heavy atom. The molecule has 6 nitrogen and oxygen atoms in total. The highest BCUT2D eigenvalue weighted by molar-refractivity contribution is 5.94. The van der Waals surface area contributed by atoms with Crippen molar-refractivity contribution < 1.29 is 14.3 Å². The molecule has 1 aromatic heterocycles. The molecule has 0 unspecified atom stereocenters. The number of nitrogens with one attached hydrogen (secondary N) is 1. The summed E-state index contributed by atoms with van der Waals surface area (Å²) in [6.45, 7) is 4.98. The lowest BCUT2D eigenvalue weighted by atomic mass is 10.1. The SMILES string of the molecule is COC(=O)c1ccc(CNC(=O)c2cccc(Cn3nc(C)cc3C)c2)cc1. The number of amides is 1. The van der Waals surface area contributed by atoms with Gasteiger partial charge in [0.05, 0.1) is 24.9 Å². The molecule has 0 saturated carbocycles. The van der Waals surface area contributed by atoms with Crippen LogP contribution in [0.4, 0.5) is 0 Å². The zero-order valence-electron chi connectivity index (χ0n) is 16.2. The predicted octanol–water partition coefficient (Wildman–Crippen LogP) is 3.26. The number of carbonyl (C=O) groups is 2. The molecule has 28 heavy (non-hydrogen) atoms. The molecule has 0 aliphatic carbocycles. The van der Waals surface area contributed by atoms with Crippen LogP contribution in [0.3, 0.4) is 0 Å². The van der Waals surface area contributed by atoms with Crippen LogP contribution in [-0.2, 0) is 17.8 Å². The van der Waals surface area contributed by atoms with Gasteiger partial charge < -0.3 is 10.1 Å². The summed E-state index contributed by atoms with van der Waals surface area (Å²) in [6.07, 6.45) is 0. The Hall–Kier alpha value is -3.41. The van der Waals surface area contributed by atoms with Gasteiger partial charge in [-0.1, -0.05) is 24.3 Å². The van der Waals surface area contributed by atoms with E-state index in [9.17, 15) is 9.59 Å².